The summed E-state index contributed by atoms with van der Waals surface area (Å²) in [5, 5.41) is -0.0690. The second kappa shape index (κ2) is 7.08. The van der Waals surface area contributed by atoms with Gasteiger partial charge in [-0.3, -0.25) is 0 Å². The molecule has 0 saturated carbocycles. The highest BCUT2D eigenvalue weighted by molar-refractivity contribution is 7.91. The highest BCUT2D eigenvalue weighted by Crippen LogP contribution is 2.32. The molecule has 4 rings (SSSR count). The molecule has 14 heteroatoms. The van der Waals surface area contributed by atoms with Crippen LogP contribution >= 0.6 is 23.2 Å². The maximum Gasteiger partial charge on any atom is 0.225 e. The van der Waals surface area contributed by atoms with Crippen LogP contribution < -0.4 is 9.80 Å². The summed E-state index contributed by atoms with van der Waals surface area (Å²) in [5.74, 6) is 0.801. The van der Waals surface area contributed by atoms with E-state index in [1.54, 1.807) is 9.80 Å². The first-order valence-corrected chi connectivity index (χ1v) is 12.8. The Morgan fingerprint density at radius 2 is 0.929 bits per heavy atom. The normalized spacial score (nSPS) is 21.8. The average Bonchev–Trinajstić information content (AvgIpc) is 2.61. The first-order chi connectivity index (χ1) is 13.1. The van der Waals surface area contributed by atoms with Crippen LogP contribution in [0.2, 0.25) is 10.6 Å². The van der Waals surface area contributed by atoms with Crippen LogP contribution in [0.5, 0.6) is 0 Å². The van der Waals surface area contributed by atoms with Crippen LogP contribution in [-0.2, 0) is 19.7 Å². The Bertz CT molecular complexity index is 1040. The number of sulfone groups is 2. The first kappa shape index (κ1) is 19.8. The van der Waals surface area contributed by atoms with Crippen LogP contribution in [-0.4, -0.2) is 86.0 Å². The fraction of sp³-hybridized carbons (Fsp3) is 0.571. The number of fused-ring (bicyclic) bond motifs is 1. The number of nitrogens with zero attached hydrogens (tertiary/aromatic N) is 6. The third kappa shape index (κ3) is 3.95. The molecule has 28 heavy (non-hydrogen) atoms. The third-order valence-electron chi connectivity index (χ3n) is 4.74. The van der Waals surface area contributed by atoms with E-state index in [1.165, 1.54) is 0 Å². The lowest BCUT2D eigenvalue weighted by atomic mass is 10.3. The molecular weight excluding hydrogens is 451 g/mol. The van der Waals surface area contributed by atoms with Gasteiger partial charge in [-0.2, -0.15) is 9.97 Å². The summed E-state index contributed by atoms with van der Waals surface area (Å²) in [6.07, 6.45) is 0. The number of aromatic nitrogens is 4. The Hall–Kier alpha value is -1.50. The van der Waals surface area contributed by atoms with E-state index in [-0.39, 0.29) is 59.8 Å². The predicted molar refractivity (Wildman–Crippen MR) is 107 cm³/mol. The summed E-state index contributed by atoms with van der Waals surface area (Å²) in [6, 6.07) is 0. The van der Waals surface area contributed by atoms with Gasteiger partial charge in [0.15, 0.2) is 31.3 Å². The third-order valence-corrected chi connectivity index (χ3v) is 8.30. The number of halogens is 2. The monoisotopic (exact) mass is 466 g/mol. The molecule has 0 aromatic carbocycles. The fourth-order valence-electron chi connectivity index (χ4n) is 3.22. The van der Waals surface area contributed by atoms with Crippen LogP contribution in [0.15, 0.2) is 0 Å². The molecular formula is C14H16Cl2N6O4S2. The highest BCUT2D eigenvalue weighted by atomic mass is 35.5. The molecule has 10 nitrogen and oxygen atoms in total. The van der Waals surface area contributed by atoms with E-state index in [2.05, 4.69) is 19.9 Å². The molecule has 2 aromatic rings. The van der Waals surface area contributed by atoms with Gasteiger partial charge in [0.1, 0.15) is 11.0 Å². The minimum absolute atomic E-state index is 0.00573. The lowest BCUT2D eigenvalue weighted by Crippen LogP contribution is -2.41. The quantitative estimate of drug-likeness (QED) is 0.565. The Labute approximate surface area is 171 Å². The molecule has 0 atom stereocenters. The average molecular weight is 467 g/mol. The van der Waals surface area contributed by atoms with Crippen LogP contribution in [0.25, 0.3) is 11.0 Å². The molecule has 2 aromatic heterocycles. The summed E-state index contributed by atoms with van der Waals surface area (Å²) < 4.78 is 46.9. The van der Waals surface area contributed by atoms with Crippen molar-refractivity contribution in [1.82, 2.24) is 19.9 Å². The zero-order valence-corrected chi connectivity index (χ0v) is 17.7. The molecule has 0 aliphatic carbocycles. The van der Waals surface area contributed by atoms with Crippen molar-refractivity contribution in [2.45, 2.75) is 0 Å². The molecule has 2 fully saturated rings. The van der Waals surface area contributed by atoms with E-state index in [0.29, 0.717) is 22.7 Å². The number of rotatable bonds is 2. The van der Waals surface area contributed by atoms with Gasteiger partial charge in [-0.15, -0.1) is 0 Å². The Kier molecular flexibility index (Phi) is 5.01. The van der Waals surface area contributed by atoms with E-state index in [9.17, 15) is 16.8 Å². The summed E-state index contributed by atoms with van der Waals surface area (Å²) in [4.78, 5) is 20.5. The van der Waals surface area contributed by atoms with Crippen molar-refractivity contribution in [3.63, 3.8) is 0 Å². The fourth-order valence-corrected chi connectivity index (χ4v) is 5.95. The van der Waals surface area contributed by atoms with Gasteiger partial charge in [-0.25, -0.2) is 26.8 Å². The van der Waals surface area contributed by atoms with Crippen molar-refractivity contribution in [3.05, 3.63) is 10.6 Å². The lowest BCUT2D eigenvalue weighted by molar-refractivity contribution is 0.584. The second-order valence-electron chi connectivity index (χ2n) is 6.61. The lowest BCUT2D eigenvalue weighted by Gasteiger charge is -2.30. The van der Waals surface area contributed by atoms with Crippen LogP contribution in [0.3, 0.4) is 0 Å². The van der Waals surface area contributed by atoms with Crippen molar-refractivity contribution >= 4 is 65.5 Å². The maximum absolute atomic E-state index is 11.7. The zero-order chi connectivity index (χ0) is 20.1. The van der Waals surface area contributed by atoms with E-state index < -0.39 is 19.7 Å². The molecule has 0 radical (unpaired) electrons. The smallest absolute Gasteiger partial charge is 0.225 e. The first-order valence-electron chi connectivity index (χ1n) is 8.45. The van der Waals surface area contributed by atoms with Crippen molar-refractivity contribution in [3.8, 4) is 0 Å². The second-order valence-corrected chi connectivity index (χ2v) is 11.9. The topological polar surface area (TPSA) is 126 Å². The van der Waals surface area contributed by atoms with Crippen LogP contribution in [0, 0.1) is 0 Å². The predicted octanol–water partition coefficient (Wildman–Crippen LogP) is 0.196. The van der Waals surface area contributed by atoms with Crippen LogP contribution in [0.4, 0.5) is 11.6 Å². The molecule has 0 N–H and O–H groups in total. The summed E-state index contributed by atoms with van der Waals surface area (Å²) >= 11 is 12.3. The zero-order valence-electron chi connectivity index (χ0n) is 14.5. The van der Waals surface area contributed by atoms with Gasteiger partial charge in [0.2, 0.25) is 10.6 Å². The molecule has 2 saturated heterocycles. The van der Waals surface area contributed by atoms with E-state index in [0.717, 1.165) is 0 Å². The van der Waals surface area contributed by atoms with Crippen molar-refractivity contribution < 1.29 is 16.8 Å². The molecule has 0 bridgehead atoms. The Morgan fingerprint density at radius 1 is 0.607 bits per heavy atom. The van der Waals surface area contributed by atoms with Crippen molar-refractivity contribution in [2.75, 3.05) is 59.0 Å². The minimum atomic E-state index is -3.07. The van der Waals surface area contributed by atoms with Gasteiger partial charge in [-0.05, 0) is 23.2 Å². The standard InChI is InChI=1S/C14H16Cl2N6O4S2/c15-13-18-10-9(11(19-13)21-1-5-27(23,24)6-2-21)17-14(16)20-12(10)22-3-7-28(25,26)8-4-22/h1-8H2. The molecule has 0 amide bonds. The van der Waals surface area contributed by atoms with Crippen LogP contribution in [0.1, 0.15) is 0 Å². The molecule has 152 valence electrons. The number of hydrogen-bond acceptors (Lipinski definition) is 10. The van der Waals surface area contributed by atoms with Crippen molar-refractivity contribution in [1.29, 1.82) is 0 Å². The molecule has 0 spiro atoms. The van der Waals surface area contributed by atoms with Gasteiger partial charge in [0.25, 0.3) is 0 Å². The molecule has 4 heterocycles. The summed E-state index contributed by atoms with van der Waals surface area (Å²) in [5.41, 5.74) is 0.708. The summed E-state index contributed by atoms with van der Waals surface area (Å²) in [7, 11) is -6.15. The van der Waals surface area contributed by atoms with Gasteiger partial charge >= 0.3 is 0 Å². The summed E-state index contributed by atoms with van der Waals surface area (Å²) in [6.45, 7) is 1.01. The highest BCUT2D eigenvalue weighted by Gasteiger charge is 2.29. The van der Waals surface area contributed by atoms with E-state index >= 15 is 0 Å². The number of anilines is 2. The van der Waals surface area contributed by atoms with Crippen molar-refractivity contribution in [2.24, 2.45) is 0 Å². The van der Waals surface area contributed by atoms with E-state index in [4.69, 9.17) is 23.2 Å². The molecule has 0 unspecified atom stereocenters. The van der Waals surface area contributed by atoms with Gasteiger partial charge < -0.3 is 9.80 Å². The molecule has 2 aliphatic heterocycles. The van der Waals surface area contributed by atoms with Gasteiger partial charge in [-0.1, -0.05) is 0 Å². The van der Waals surface area contributed by atoms with Gasteiger partial charge in [0, 0.05) is 26.2 Å². The SMILES string of the molecule is O=S1(=O)CCN(c2nc(Cl)nc3c(N4CCS(=O)(=O)CC4)nc(Cl)nc23)CC1. The largest absolute Gasteiger partial charge is 0.353 e. The molecule has 2 aliphatic rings. The Morgan fingerprint density at radius 3 is 1.25 bits per heavy atom. The number of hydrogen-bond donors (Lipinski definition) is 0. The minimum Gasteiger partial charge on any atom is -0.353 e. The van der Waals surface area contributed by atoms with Gasteiger partial charge in [0.05, 0.1) is 23.0 Å². The maximum atomic E-state index is 11.7. The van der Waals surface area contributed by atoms with E-state index in [1.807, 2.05) is 0 Å². The Balaban J connectivity index is 1.80.